The van der Waals surface area contributed by atoms with Gasteiger partial charge in [-0.1, -0.05) is 19.8 Å². The van der Waals surface area contributed by atoms with Crippen molar-refractivity contribution in [2.75, 3.05) is 0 Å². The first kappa shape index (κ1) is 21.5. The van der Waals surface area contributed by atoms with Crippen LogP contribution in [-0.4, -0.2) is 25.2 Å². The van der Waals surface area contributed by atoms with E-state index in [1.165, 1.54) is 0 Å². The minimum Gasteiger partial charge on any atom is -0.435 e. The lowest BCUT2D eigenvalue weighted by Crippen LogP contribution is -2.41. The first-order chi connectivity index (χ1) is 13.3. The van der Waals surface area contributed by atoms with Gasteiger partial charge in [0.2, 0.25) is 0 Å². The van der Waals surface area contributed by atoms with Gasteiger partial charge in [0.25, 0.3) is 5.91 Å². The van der Waals surface area contributed by atoms with E-state index in [0.717, 1.165) is 50.0 Å². The minimum absolute atomic E-state index is 0.0368. The molecule has 0 spiro atoms. The zero-order chi connectivity index (χ0) is 20.7. The van der Waals surface area contributed by atoms with Crippen molar-refractivity contribution in [1.82, 2.24) is 5.32 Å². The Morgan fingerprint density at radius 3 is 2.50 bits per heavy atom. The van der Waals surface area contributed by atoms with Crippen LogP contribution in [-0.2, 0) is 4.79 Å². The summed E-state index contributed by atoms with van der Waals surface area (Å²) in [6, 6.07) is 4.77. The molecule has 1 aliphatic rings. The quantitative estimate of drug-likeness (QED) is 0.416. The van der Waals surface area contributed by atoms with Gasteiger partial charge in [-0.05, 0) is 37.0 Å². The molecule has 0 saturated heterocycles. The van der Waals surface area contributed by atoms with E-state index < -0.39 is 24.9 Å². The van der Waals surface area contributed by atoms with Gasteiger partial charge >= 0.3 is 13.2 Å². The number of rotatable bonds is 7. The number of nitrogens with one attached hydrogen (secondary N) is 1. The molecule has 1 aromatic rings. The van der Waals surface area contributed by atoms with Gasteiger partial charge in [0.05, 0.1) is 0 Å². The number of amides is 1. The van der Waals surface area contributed by atoms with Crippen molar-refractivity contribution < 1.29 is 31.8 Å². The average molecular weight is 400 g/mol. The Morgan fingerprint density at radius 1 is 1.21 bits per heavy atom. The maximum absolute atomic E-state index is 12.6. The zero-order valence-electron chi connectivity index (χ0n) is 15.1. The second-order valence-corrected chi connectivity index (χ2v) is 6.47. The van der Waals surface area contributed by atoms with Crippen LogP contribution in [0.4, 0.5) is 17.6 Å². The number of nitriles is 1. The van der Waals surface area contributed by atoms with E-state index in [0.29, 0.717) is 0 Å². The molecule has 9 heteroatoms. The van der Waals surface area contributed by atoms with Gasteiger partial charge in [0.1, 0.15) is 23.1 Å². The highest BCUT2D eigenvalue weighted by Gasteiger charge is 2.24. The molecule has 2 atom stereocenters. The number of carbonyl (C=O) groups excluding carboxylic acids is 1. The number of benzene rings is 1. The number of ether oxygens (including phenoxy) is 2. The Balaban J connectivity index is 2.25. The number of alkyl halides is 4. The summed E-state index contributed by atoms with van der Waals surface area (Å²) in [5, 5.41) is 12.1. The number of carbonyl (C=O) groups is 1. The van der Waals surface area contributed by atoms with E-state index in [-0.39, 0.29) is 28.8 Å². The second-order valence-electron chi connectivity index (χ2n) is 6.47. The lowest BCUT2D eigenvalue weighted by Gasteiger charge is -2.29. The standard InChI is InChI=1S/C19H20F4N2O3/c1-11-4-2-3-5-15(11)25-17(26)13(10-24)8-12-6-7-14(27-18(20)21)9-16(12)28-19(22)23/h6-9,11,15,18-19H,2-5H2,1H3,(H,25,26)/b13-8+/t11-,15+/m1/s1. The maximum Gasteiger partial charge on any atom is 0.387 e. The molecule has 1 fully saturated rings. The SMILES string of the molecule is C[C@@H]1CCCC[C@@H]1NC(=O)/C(C#N)=C/c1ccc(OC(F)F)cc1OC(F)F. The van der Waals surface area contributed by atoms with E-state index in [1.54, 1.807) is 6.07 Å². The Hall–Kier alpha value is -2.76. The van der Waals surface area contributed by atoms with Gasteiger partial charge in [-0.25, -0.2) is 0 Å². The molecule has 152 valence electrons. The predicted octanol–water partition coefficient (Wildman–Crippen LogP) is 4.49. The van der Waals surface area contributed by atoms with Crippen LogP contribution >= 0.6 is 0 Å². The highest BCUT2D eigenvalue weighted by molar-refractivity contribution is 6.02. The largest absolute Gasteiger partial charge is 0.435 e. The number of nitrogens with zero attached hydrogens (tertiary/aromatic N) is 1. The number of halogens is 4. The lowest BCUT2D eigenvalue weighted by atomic mass is 9.86. The molecule has 0 heterocycles. The van der Waals surface area contributed by atoms with Crippen molar-refractivity contribution >= 4 is 12.0 Å². The molecule has 1 amide bonds. The summed E-state index contributed by atoms with van der Waals surface area (Å²) in [6.07, 6.45) is 4.89. The van der Waals surface area contributed by atoms with E-state index in [4.69, 9.17) is 0 Å². The molecule has 0 aliphatic heterocycles. The van der Waals surface area contributed by atoms with Crippen LogP contribution in [0.15, 0.2) is 23.8 Å². The summed E-state index contributed by atoms with van der Waals surface area (Å²) in [4.78, 5) is 12.4. The van der Waals surface area contributed by atoms with Crippen molar-refractivity contribution in [1.29, 1.82) is 5.26 Å². The van der Waals surface area contributed by atoms with Crippen LogP contribution < -0.4 is 14.8 Å². The van der Waals surface area contributed by atoms with Crippen molar-refractivity contribution in [2.45, 2.75) is 51.9 Å². The van der Waals surface area contributed by atoms with Gasteiger partial charge in [-0.2, -0.15) is 22.8 Å². The molecule has 1 saturated carbocycles. The molecule has 0 bridgehead atoms. The molecule has 28 heavy (non-hydrogen) atoms. The molecular formula is C19H20F4N2O3. The van der Waals surface area contributed by atoms with Crippen molar-refractivity contribution in [3.63, 3.8) is 0 Å². The van der Waals surface area contributed by atoms with Gasteiger partial charge in [0, 0.05) is 17.7 Å². The van der Waals surface area contributed by atoms with Crippen LogP contribution in [0, 0.1) is 17.2 Å². The summed E-state index contributed by atoms with van der Waals surface area (Å²) in [6.45, 7) is -4.36. The van der Waals surface area contributed by atoms with Crippen LogP contribution in [0.1, 0.15) is 38.2 Å². The Morgan fingerprint density at radius 2 is 1.89 bits per heavy atom. The van der Waals surface area contributed by atoms with E-state index in [1.807, 2.05) is 6.92 Å². The van der Waals surface area contributed by atoms with Gasteiger partial charge in [-0.15, -0.1) is 0 Å². The molecule has 2 rings (SSSR count). The Labute approximate surface area is 159 Å². The fourth-order valence-corrected chi connectivity index (χ4v) is 3.09. The fourth-order valence-electron chi connectivity index (χ4n) is 3.09. The van der Waals surface area contributed by atoms with Crippen LogP contribution in [0.5, 0.6) is 11.5 Å². The van der Waals surface area contributed by atoms with Gasteiger partial charge < -0.3 is 14.8 Å². The number of hydrogen-bond donors (Lipinski definition) is 1. The van der Waals surface area contributed by atoms with E-state index >= 15 is 0 Å². The second kappa shape index (κ2) is 9.97. The molecular weight excluding hydrogens is 380 g/mol. The normalized spacial score (nSPS) is 20.0. The van der Waals surface area contributed by atoms with E-state index in [2.05, 4.69) is 14.8 Å². The molecule has 5 nitrogen and oxygen atoms in total. The molecule has 1 aromatic carbocycles. The monoisotopic (exact) mass is 400 g/mol. The van der Waals surface area contributed by atoms with Crippen molar-refractivity contribution in [3.8, 4) is 17.6 Å². The van der Waals surface area contributed by atoms with E-state index in [9.17, 15) is 27.6 Å². The number of hydrogen-bond acceptors (Lipinski definition) is 4. The summed E-state index contributed by atoms with van der Waals surface area (Å²) >= 11 is 0. The average Bonchev–Trinajstić information content (AvgIpc) is 2.62. The maximum atomic E-state index is 12.6. The predicted molar refractivity (Wildman–Crippen MR) is 92.9 cm³/mol. The smallest absolute Gasteiger partial charge is 0.387 e. The third-order valence-corrected chi connectivity index (χ3v) is 4.52. The topological polar surface area (TPSA) is 71.4 Å². The van der Waals surface area contributed by atoms with Crippen molar-refractivity contribution in [3.05, 3.63) is 29.3 Å². The molecule has 0 unspecified atom stereocenters. The van der Waals surface area contributed by atoms with Gasteiger partial charge in [0.15, 0.2) is 0 Å². The third kappa shape index (κ3) is 6.15. The van der Waals surface area contributed by atoms with Crippen LogP contribution in [0.2, 0.25) is 0 Å². The third-order valence-electron chi connectivity index (χ3n) is 4.52. The minimum atomic E-state index is -3.23. The summed E-state index contributed by atoms with van der Waals surface area (Å²) < 4.78 is 58.4. The Kier molecular flexibility index (Phi) is 7.67. The summed E-state index contributed by atoms with van der Waals surface area (Å²) in [5.74, 6) is -1.24. The zero-order valence-corrected chi connectivity index (χ0v) is 15.1. The molecule has 0 aromatic heterocycles. The van der Waals surface area contributed by atoms with Crippen LogP contribution in [0.25, 0.3) is 6.08 Å². The molecule has 1 N–H and O–H groups in total. The molecule has 0 radical (unpaired) electrons. The fraction of sp³-hybridized carbons (Fsp3) is 0.474. The Bertz CT molecular complexity index is 762. The molecule has 1 aliphatic carbocycles. The van der Waals surface area contributed by atoms with Crippen LogP contribution in [0.3, 0.4) is 0 Å². The first-order valence-electron chi connectivity index (χ1n) is 8.76. The first-order valence-corrected chi connectivity index (χ1v) is 8.76. The summed E-state index contributed by atoms with van der Waals surface area (Å²) in [7, 11) is 0. The highest BCUT2D eigenvalue weighted by Crippen LogP contribution is 2.29. The summed E-state index contributed by atoms with van der Waals surface area (Å²) in [5.41, 5.74) is -0.343. The van der Waals surface area contributed by atoms with Gasteiger partial charge in [-0.3, -0.25) is 4.79 Å². The van der Waals surface area contributed by atoms with Crippen molar-refractivity contribution in [2.24, 2.45) is 5.92 Å². The highest BCUT2D eigenvalue weighted by atomic mass is 19.3. The lowest BCUT2D eigenvalue weighted by molar-refractivity contribution is -0.118.